The van der Waals surface area contributed by atoms with E-state index >= 15 is 0 Å². The molecule has 0 aliphatic carbocycles. The lowest BCUT2D eigenvalue weighted by molar-refractivity contribution is 0.692. The van der Waals surface area contributed by atoms with E-state index in [4.69, 9.17) is 5.73 Å². The summed E-state index contributed by atoms with van der Waals surface area (Å²) in [6.07, 6.45) is 1.00. The van der Waals surface area contributed by atoms with Gasteiger partial charge < -0.3 is 10.6 Å². The summed E-state index contributed by atoms with van der Waals surface area (Å²) >= 11 is 0. The van der Waals surface area contributed by atoms with Gasteiger partial charge in [0.1, 0.15) is 0 Å². The lowest BCUT2D eigenvalue weighted by atomic mass is 9.90. The number of aryl methyl sites for hydroxylation is 1. The van der Waals surface area contributed by atoms with Crippen LogP contribution in [0.5, 0.6) is 0 Å². The van der Waals surface area contributed by atoms with Crippen LogP contribution in [0.2, 0.25) is 0 Å². The van der Waals surface area contributed by atoms with Gasteiger partial charge in [0.15, 0.2) is 0 Å². The predicted molar refractivity (Wildman–Crippen MR) is 87.4 cm³/mol. The molecule has 106 valence electrons. The standard InChI is InChI=1S/C18H24N2/c1-14-7-4-5-8-15(14)11-17(13-19)16-9-6-10-18(12-16)20(2)3/h4-10,12,17H,11,13,19H2,1-3H3. The topological polar surface area (TPSA) is 29.3 Å². The van der Waals surface area contributed by atoms with Gasteiger partial charge in [0.25, 0.3) is 0 Å². The molecule has 2 N–H and O–H groups in total. The molecule has 0 aromatic heterocycles. The van der Waals surface area contributed by atoms with Crippen molar-refractivity contribution in [1.82, 2.24) is 0 Å². The summed E-state index contributed by atoms with van der Waals surface area (Å²) in [5.74, 6) is 0.371. The zero-order chi connectivity index (χ0) is 14.5. The molecule has 0 radical (unpaired) electrons. The minimum Gasteiger partial charge on any atom is -0.378 e. The molecule has 20 heavy (non-hydrogen) atoms. The summed E-state index contributed by atoms with van der Waals surface area (Å²) in [5.41, 5.74) is 11.3. The van der Waals surface area contributed by atoms with E-state index in [-0.39, 0.29) is 0 Å². The van der Waals surface area contributed by atoms with Crippen LogP contribution in [-0.4, -0.2) is 20.6 Å². The number of benzene rings is 2. The molecular formula is C18H24N2. The average Bonchev–Trinajstić information content (AvgIpc) is 2.46. The Bertz CT molecular complexity index is 561. The second kappa shape index (κ2) is 6.58. The Morgan fingerprint density at radius 2 is 1.80 bits per heavy atom. The second-order valence-electron chi connectivity index (χ2n) is 5.55. The van der Waals surface area contributed by atoms with Crippen LogP contribution in [0.4, 0.5) is 5.69 Å². The first-order valence-corrected chi connectivity index (χ1v) is 7.13. The van der Waals surface area contributed by atoms with E-state index in [0.717, 1.165) is 6.42 Å². The van der Waals surface area contributed by atoms with Gasteiger partial charge in [0.05, 0.1) is 0 Å². The van der Waals surface area contributed by atoms with E-state index in [2.05, 4.69) is 74.4 Å². The minimum atomic E-state index is 0.371. The summed E-state index contributed by atoms with van der Waals surface area (Å²) < 4.78 is 0. The van der Waals surface area contributed by atoms with Gasteiger partial charge in [0, 0.05) is 25.7 Å². The maximum Gasteiger partial charge on any atom is 0.0363 e. The molecule has 1 unspecified atom stereocenters. The van der Waals surface area contributed by atoms with Crippen LogP contribution in [0, 0.1) is 6.92 Å². The fourth-order valence-corrected chi connectivity index (χ4v) is 2.50. The normalized spacial score (nSPS) is 12.2. The van der Waals surface area contributed by atoms with Crippen LogP contribution in [0.3, 0.4) is 0 Å². The highest BCUT2D eigenvalue weighted by Gasteiger charge is 2.12. The Kier molecular flexibility index (Phi) is 4.80. The van der Waals surface area contributed by atoms with E-state index in [0.29, 0.717) is 12.5 Å². The van der Waals surface area contributed by atoms with Gasteiger partial charge in [-0.2, -0.15) is 0 Å². The van der Waals surface area contributed by atoms with Gasteiger partial charge in [-0.05, 0) is 48.7 Å². The predicted octanol–water partition coefficient (Wildman–Crippen LogP) is 3.35. The van der Waals surface area contributed by atoms with E-state index in [1.807, 2.05) is 0 Å². The smallest absolute Gasteiger partial charge is 0.0363 e. The van der Waals surface area contributed by atoms with E-state index < -0.39 is 0 Å². The van der Waals surface area contributed by atoms with Crippen molar-refractivity contribution in [3.63, 3.8) is 0 Å². The number of hydrogen-bond donors (Lipinski definition) is 1. The third-order valence-corrected chi connectivity index (χ3v) is 3.87. The zero-order valence-corrected chi connectivity index (χ0v) is 12.6. The molecule has 0 spiro atoms. The number of hydrogen-bond acceptors (Lipinski definition) is 2. The van der Waals surface area contributed by atoms with Crippen molar-refractivity contribution in [2.75, 3.05) is 25.5 Å². The van der Waals surface area contributed by atoms with E-state index in [1.165, 1.54) is 22.4 Å². The van der Waals surface area contributed by atoms with E-state index in [9.17, 15) is 0 Å². The third kappa shape index (κ3) is 3.40. The molecule has 0 aliphatic heterocycles. The van der Waals surface area contributed by atoms with Crippen LogP contribution in [-0.2, 0) is 6.42 Å². The largest absolute Gasteiger partial charge is 0.378 e. The number of rotatable bonds is 5. The van der Waals surface area contributed by atoms with Gasteiger partial charge in [-0.25, -0.2) is 0 Å². The highest BCUT2D eigenvalue weighted by Crippen LogP contribution is 2.24. The van der Waals surface area contributed by atoms with Crippen LogP contribution < -0.4 is 10.6 Å². The monoisotopic (exact) mass is 268 g/mol. The maximum absolute atomic E-state index is 6.02. The lowest BCUT2D eigenvalue weighted by Gasteiger charge is -2.19. The third-order valence-electron chi connectivity index (χ3n) is 3.87. The fourth-order valence-electron chi connectivity index (χ4n) is 2.50. The first kappa shape index (κ1) is 14.6. The van der Waals surface area contributed by atoms with Crippen molar-refractivity contribution >= 4 is 5.69 Å². The molecule has 0 amide bonds. The van der Waals surface area contributed by atoms with Crippen LogP contribution in [0.25, 0.3) is 0 Å². The molecule has 2 aromatic carbocycles. The number of nitrogens with zero attached hydrogens (tertiary/aromatic N) is 1. The Morgan fingerprint density at radius 3 is 2.45 bits per heavy atom. The first-order valence-electron chi connectivity index (χ1n) is 7.13. The Hall–Kier alpha value is -1.80. The summed E-state index contributed by atoms with van der Waals surface area (Å²) in [6.45, 7) is 2.84. The average molecular weight is 268 g/mol. The van der Waals surface area contributed by atoms with Crippen LogP contribution in [0.15, 0.2) is 48.5 Å². The van der Waals surface area contributed by atoms with E-state index in [1.54, 1.807) is 0 Å². The Morgan fingerprint density at radius 1 is 1.05 bits per heavy atom. The Labute approximate surface area is 122 Å². The molecule has 0 bridgehead atoms. The van der Waals surface area contributed by atoms with Crippen molar-refractivity contribution in [1.29, 1.82) is 0 Å². The molecule has 0 aliphatic rings. The molecular weight excluding hydrogens is 244 g/mol. The molecule has 2 nitrogen and oxygen atoms in total. The highest BCUT2D eigenvalue weighted by atomic mass is 15.1. The number of nitrogens with two attached hydrogens (primary N) is 1. The van der Waals surface area contributed by atoms with Gasteiger partial charge >= 0.3 is 0 Å². The molecule has 1 atom stereocenters. The quantitative estimate of drug-likeness (QED) is 0.901. The molecule has 0 heterocycles. The molecule has 0 saturated carbocycles. The molecule has 2 heteroatoms. The fraction of sp³-hybridized carbons (Fsp3) is 0.333. The molecule has 0 fully saturated rings. The highest BCUT2D eigenvalue weighted by molar-refractivity contribution is 5.48. The van der Waals surface area contributed by atoms with Crippen molar-refractivity contribution in [3.05, 3.63) is 65.2 Å². The Balaban J connectivity index is 2.24. The van der Waals surface area contributed by atoms with Crippen molar-refractivity contribution in [3.8, 4) is 0 Å². The molecule has 2 rings (SSSR count). The summed E-state index contributed by atoms with van der Waals surface area (Å²) in [5, 5.41) is 0. The lowest BCUT2D eigenvalue weighted by Crippen LogP contribution is -2.16. The molecule has 2 aromatic rings. The first-order chi connectivity index (χ1) is 9.61. The van der Waals surface area contributed by atoms with Crippen LogP contribution >= 0.6 is 0 Å². The summed E-state index contributed by atoms with van der Waals surface area (Å²) in [7, 11) is 4.13. The SMILES string of the molecule is Cc1ccccc1CC(CN)c1cccc(N(C)C)c1. The zero-order valence-electron chi connectivity index (χ0n) is 12.6. The minimum absolute atomic E-state index is 0.371. The summed E-state index contributed by atoms with van der Waals surface area (Å²) in [4.78, 5) is 2.13. The second-order valence-corrected chi connectivity index (χ2v) is 5.55. The van der Waals surface area contributed by atoms with Crippen molar-refractivity contribution in [2.45, 2.75) is 19.3 Å². The van der Waals surface area contributed by atoms with Gasteiger partial charge in [-0.1, -0.05) is 36.4 Å². The van der Waals surface area contributed by atoms with Gasteiger partial charge in [-0.3, -0.25) is 0 Å². The van der Waals surface area contributed by atoms with Crippen molar-refractivity contribution < 1.29 is 0 Å². The number of anilines is 1. The maximum atomic E-state index is 6.02. The summed E-state index contributed by atoms with van der Waals surface area (Å²) in [6, 6.07) is 17.2. The molecule has 0 saturated heterocycles. The van der Waals surface area contributed by atoms with Gasteiger partial charge in [-0.15, -0.1) is 0 Å². The van der Waals surface area contributed by atoms with Crippen molar-refractivity contribution in [2.24, 2.45) is 5.73 Å². The van der Waals surface area contributed by atoms with Gasteiger partial charge in [0.2, 0.25) is 0 Å². The van der Waals surface area contributed by atoms with Crippen LogP contribution in [0.1, 0.15) is 22.6 Å².